The first-order chi connectivity index (χ1) is 53.5. The summed E-state index contributed by atoms with van der Waals surface area (Å²) in [5.74, 6) is 0. The number of anilines is 8. The first-order valence-electron chi connectivity index (χ1n) is 38.3. The van der Waals surface area contributed by atoms with Crippen LogP contribution in [0.25, 0.3) is 22.3 Å². The number of nitrogens with zero attached hydrogens (tertiary/aromatic N) is 12. The van der Waals surface area contributed by atoms with Crippen LogP contribution in [-0.4, -0.2) is 210 Å². The van der Waals surface area contributed by atoms with Crippen molar-refractivity contribution >= 4 is 90.6 Å². The Labute approximate surface area is 686 Å². The van der Waals surface area contributed by atoms with Crippen molar-refractivity contribution in [3.63, 3.8) is 0 Å². The second-order valence-corrected chi connectivity index (χ2v) is 30.8. The maximum Gasteiger partial charge on any atom is 0.199 e. The SMILES string of the molecule is C.C.CN(C)c1ccc(C(=C2C=CC(=[N+](C)C)C=C2)c2ccc(N(C)C)cc2)cc1.CN(C)c1ccc(C(=C2C=CC(=[N+](C)C)C=C2)c2ccc(N(C)C)cc2)cc1.CN(C)c1ccc(C(=C2C=CC(=[N+](C)C)C=C2)c2ccc(N(C)C)cc2)cc1.CN(C)c1ccc(C(=C2C=CC(=[N+](C)C)C=C2)c2ccc(N(C)C)cc2)cc1. The first-order valence-corrected chi connectivity index (χ1v) is 38.3. The molecule has 12 rings (SSSR count). The Hall–Kier alpha value is -12.3. The Morgan fingerprint density at radius 3 is 0.333 bits per heavy atom. The Kier molecular flexibility index (Phi) is 32.2. The molecule has 0 aromatic heterocycles. The fraction of sp³-hybridized carbons (Fsp3) is 0.255. The molecule has 114 heavy (non-hydrogen) atoms. The van der Waals surface area contributed by atoms with E-state index in [-0.39, 0.29) is 14.9 Å². The molecule has 0 saturated carbocycles. The second kappa shape index (κ2) is 41.3. The summed E-state index contributed by atoms with van der Waals surface area (Å²) in [5, 5.41) is 0. The normalized spacial score (nSPS) is 12.7. The number of benzene rings is 8. The summed E-state index contributed by atoms with van der Waals surface area (Å²) in [6.45, 7) is 0. The van der Waals surface area contributed by atoms with Gasteiger partial charge in [0.05, 0.1) is 0 Å². The summed E-state index contributed by atoms with van der Waals surface area (Å²) in [6.07, 6.45) is 35.1. The first kappa shape index (κ1) is 88.9. The van der Waals surface area contributed by atoms with Crippen LogP contribution in [0, 0.1) is 0 Å². The van der Waals surface area contributed by atoms with Crippen LogP contribution < -0.4 is 39.2 Å². The second-order valence-electron chi connectivity index (χ2n) is 30.8. The minimum absolute atomic E-state index is 0. The van der Waals surface area contributed by atoms with Gasteiger partial charge in [-0.15, -0.1) is 0 Å². The maximum absolute atomic E-state index is 2.21. The molecule has 12 nitrogen and oxygen atoms in total. The average Bonchev–Trinajstić information content (AvgIpc) is 0.816. The Balaban J connectivity index is 0.000000209. The summed E-state index contributed by atoms with van der Waals surface area (Å²) in [5.41, 5.74) is 34.1. The van der Waals surface area contributed by atoms with E-state index >= 15 is 0 Å². The van der Waals surface area contributed by atoms with E-state index in [4.69, 9.17) is 0 Å². The highest BCUT2D eigenvalue weighted by molar-refractivity contribution is 6.06. The van der Waals surface area contributed by atoms with Gasteiger partial charge in [0, 0.05) is 207 Å². The highest BCUT2D eigenvalue weighted by Crippen LogP contribution is 2.37. The highest BCUT2D eigenvalue weighted by atomic mass is 15.1. The van der Waals surface area contributed by atoms with Gasteiger partial charge in [0.15, 0.2) is 22.8 Å². The minimum atomic E-state index is 0. The molecule has 0 heterocycles. The molecule has 0 N–H and O–H groups in total. The van der Waals surface area contributed by atoms with Crippen LogP contribution in [0.2, 0.25) is 0 Å². The van der Waals surface area contributed by atoms with Gasteiger partial charge in [-0.1, -0.05) is 112 Å². The summed E-state index contributed by atoms with van der Waals surface area (Å²) in [7, 11) is 49.7. The lowest BCUT2D eigenvalue weighted by atomic mass is 9.90. The van der Waals surface area contributed by atoms with Crippen molar-refractivity contribution in [2.75, 3.05) is 208 Å². The molecule has 592 valence electrons. The lowest BCUT2D eigenvalue weighted by Crippen LogP contribution is -2.10. The van der Waals surface area contributed by atoms with Gasteiger partial charge in [-0.3, -0.25) is 0 Å². The van der Waals surface area contributed by atoms with E-state index in [2.05, 4.69) is 518 Å². The lowest BCUT2D eigenvalue weighted by Gasteiger charge is -2.18. The van der Waals surface area contributed by atoms with Crippen molar-refractivity contribution in [3.8, 4) is 0 Å². The van der Waals surface area contributed by atoms with Gasteiger partial charge >= 0.3 is 0 Å². The molecular formula is C102H128N12+4. The van der Waals surface area contributed by atoms with Crippen LogP contribution in [0.3, 0.4) is 0 Å². The fourth-order valence-electron chi connectivity index (χ4n) is 13.1. The third-order valence-electron chi connectivity index (χ3n) is 20.1. The molecule has 0 fully saturated rings. The van der Waals surface area contributed by atoms with Crippen LogP contribution in [0.4, 0.5) is 45.5 Å². The number of rotatable bonds is 16. The molecule has 0 unspecified atom stereocenters. The Bertz CT molecular complexity index is 4170. The van der Waals surface area contributed by atoms with Crippen LogP contribution in [0.15, 0.2) is 314 Å². The van der Waals surface area contributed by atoms with Crippen molar-refractivity contribution in [3.05, 3.63) is 358 Å². The fourth-order valence-corrected chi connectivity index (χ4v) is 13.1. The molecule has 0 bridgehead atoms. The zero-order valence-corrected chi connectivity index (χ0v) is 71.1. The van der Waals surface area contributed by atoms with Crippen molar-refractivity contribution in [2.24, 2.45) is 0 Å². The summed E-state index contributed by atoms with van der Waals surface area (Å²) >= 11 is 0. The molecular weight excluding hydrogens is 1390 g/mol. The third kappa shape index (κ3) is 23.4. The number of allylic oxidation sites excluding steroid dienone is 20. The zero-order chi connectivity index (χ0) is 81.0. The van der Waals surface area contributed by atoms with Gasteiger partial charge in [0.25, 0.3) is 0 Å². The van der Waals surface area contributed by atoms with Crippen LogP contribution in [0.1, 0.15) is 59.4 Å². The zero-order valence-electron chi connectivity index (χ0n) is 71.1. The Morgan fingerprint density at radius 2 is 0.254 bits per heavy atom. The van der Waals surface area contributed by atoms with E-state index in [1.54, 1.807) is 0 Å². The molecule has 8 aromatic carbocycles. The standard InChI is InChI=1S/4C25H30N3.2CH4/c4*1-26(2)22-13-7-19(8-14-22)25(20-9-15-23(16-10-20)27(3)4)21-11-17-24(18-12-21)28(5)6;;/h4*7-18H,1-6H3;2*1H4/q4*+1;;. The minimum Gasteiger partial charge on any atom is -0.378 e. The van der Waals surface area contributed by atoms with Crippen LogP contribution in [0.5, 0.6) is 0 Å². The number of hydrogen-bond acceptors (Lipinski definition) is 8. The van der Waals surface area contributed by atoms with E-state index < -0.39 is 0 Å². The van der Waals surface area contributed by atoms with Crippen LogP contribution >= 0.6 is 0 Å². The molecule has 0 saturated heterocycles. The molecule has 0 amide bonds. The lowest BCUT2D eigenvalue weighted by molar-refractivity contribution is -0.462. The van der Waals surface area contributed by atoms with Crippen molar-refractivity contribution in [2.45, 2.75) is 14.9 Å². The van der Waals surface area contributed by atoms with Gasteiger partial charge in [0.1, 0.15) is 56.4 Å². The monoisotopic (exact) mass is 1520 g/mol. The van der Waals surface area contributed by atoms with Crippen molar-refractivity contribution < 1.29 is 18.3 Å². The molecule has 0 aliphatic heterocycles. The predicted octanol–water partition coefficient (Wildman–Crippen LogP) is 19.1. The average molecular weight is 1520 g/mol. The van der Waals surface area contributed by atoms with E-state index in [9.17, 15) is 0 Å². The highest BCUT2D eigenvalue weighted by Gasteiger charge is 2.20. The molecule has 4 aliphatic carbocycles. The molecule has 0 spiro atoms. The van der Waals surface area contributed by atoms with E-state index in [1.807, 2.05) is 0 Å². The molecule has 8 aromatic rings. The molecule has 0 radical (unpaired) electrons. The van der Waals surface area contributed by atoms with Gasteiger partial charge in [-0.2, -0.15) is 0 Å². The van der Waals surface area contributed by atoms with Gasteiger partial charge in [-0.25, -0.2) is 18.3 Å². The van der Waals surface area contributed by atoms with Gasteiger partial charge < -0.3 is 39.2 Å². The third-order valence-corrected chi connectivity index (χ3v) is 20.1. The quantitative estimate of drug-likeness (QED) is 0.0886. The van der Waals surface area contributed by atoms with E-state index in [0.29, 0.717) is 0 Å². The molecule has 0 atom stereocenters. The van der Waals surface area contributed by atoms with E-state index in [1.165, 1.54) is 157 Å². The van der Waals surface area contributed by atoms with Gasteiger partial charge in [-0.05, 0) is 235 Å². The molecule has 4 aliphatic rings. The smallest absolute Gasteiger partial charge is 0.199 e. The summed E-state index contributed by atoms with van der Waals surface area (Å²) in [4.78, 5) is 17.0. The van der Waals surface area contributed by atoms with E-state index in [0.717, 1.165) is 0 Å². The van der Waals surface area contributed by atoms with Crippen molar-refractivity contribution in [1.82, 2.24) is 0 Å². The topological polar surface area (TPSA) is 38.0 Å². The largest absolute Gasteiger partial charge is 0.378 e. The predicted molar refractivity (Wildman–Crippen MR) is 505 cm³/mol. The molecule has 12 heteroatoms. The van der Waals surface area contributed by atoms with Gasteiger partial charge in [0.2, 0.25) is 0 Å². The Morgan fingerprint density at radius 1 is 0.158 bits per heavy atom. The summed E-state index contributed by atoms with van der Waals surface area (Å²) in [6, 6.07) is 70.3. The summed E-state index contributed by atoms with van der Waals surface area (Å²) < 4.78 is 8.50. The van der Waals surface area contributed by atoms with Crippen molar-refractivity contribution in [1.29, 1.82) is 0 Å². The number of hydrogen-bond donors (Lipinski definition) is 0. The maximum atomic E-state index is 2.21. The van der Waals surface area contributed by atoms with Crippen LogP contribution in [-0.2, 0) is 0 Å².